The average molecular weight is 426 g/mol. The van der Waals surface area contributed by atoms with Crippen molar-refractivity contribution in [1.82, 2.24) is 9.29 Å². The fourth-order valence-corrected chi connectivity index (χ4v) is 5.38. The van der Waals surface area contributed by atoms with Crippen LogP contribution in [0.15, 0.2) is 53.6 Å². The maximum Gasteiger partial charge on any atom is 0.244 e. The number of hydrogen-bond donors (Lipinski definition) is 2. The van der Waals surface area contributed by atoms with Crippen molar-refractivity contribution in [3.05, 3.63) is 58.7 Å². The van der Waals surface area contributed by atoms with Gasteiger partial charge in [0, 0.05) is 29.3 Å². The Balaban J connectivity index is 1.93. The number of sulfonamides is 1. The molecule has 0 aliphatic carbocycles. The molecule has 3 N–H and O–H groups in total. The Labute approximate surface area is 169 Å². The third kappa shape index (κ3) is 4.24. The maximum absolute atomic E-state index is 13.0. The van der Waals surface area contributed by atoms with E-state index in [2.05, 4.69) is 4.72 Å². The van der Waals surface area contributed by atoms with E-state index in [-0.39, 0.29) is 32.6 Å². The number of fused-ring (bicyclic) bond motifs is 1. The van der Waals surface area contributed by atoms with Crippen LogP contribution in [0.4, 0.5) is 5.69 Å². The molecule has 3 aromatic rings. The molecule has 1 atom stereocenters. The van der Waals surface area contributed by atoms with Crippen LogP contribution in [-0.4, -0.2) is 19.0 Å². The highest BCUT2D eigenvalue weighted by atomic mass is 35.5. The number of nitrogens with one attached hydrogen (secondary N) is 1. The van der Waals surface area contributed by atoms with Crippen LogP contribution in [-0.2, 0) is 16.6 Å². The standard InChI is InChI=1S/C19H21Cl2N3O2S/c1-12(2)17(11-24-8-7-13-5-3-4-6-18(13)24)23-27(25,26)19-15(21)9-14(20)10-16(19)22/h3-10,12,17,23H,11,22H2,1-2H3. The summed E-state index contributed by atoms with van der Waals surface area (Å²) < 4.78 is 30.7. The van der Waals surface area contributed by atoms with E-state index in [4.69, 9.17) is 28.9 Å². The lowest BCUT2D eigenvalue weighted by atomic mass is 10.1. The molecule has 8 heteroatoms. The fraction of sp³-hybridized carbons (Fsp3) is 0.263. The third-order valence-electron chi connectivity index (χ3n) is 4.49. The van der Waals surface area contributed by atoms with Crippen molar-refractivity contribution in [2.75, 3.05) is 5.73 Å². The molecule has 0 amide bonds. The Bertz CT molecular complexity index is 1050. The second-order valence-corrected chi connectivity index (χ2v) is 9.30. The molecule has 1 unspecified atom stereocenters. The first-order chi connectivity index (χ1) is 12.7. The van der Waals surface area contributed by atoms with Gasteiger partial charge in [-0.2, -0.15) is 0 Å². The highest BCUT2D eigenvalue weighted by Crippen LogP contribution is 2.31. The first kappa shape index (κ1) is 20.0. The van der Waals surface area contributed by atoms with Crippen LogP contribution in [0.2, 0.25) is 10.0 Å². The number of halogens is 2. The third-order valence-corrected chi connectivity index (χ3v) is 6.73. The van der Waals surface area contributed by atoms with Gasteiger partial charge in [-0.1, -0.05) is 55.2 Å². The molecule has 0 aliphatic heterocycles. The van der Waals surface area contributed by atoms with Gasteiger partial charge < -0.3 is 10.3 Å². The second-order valence-electron chi connectivity index (χ2n) is 6.80. The number of benzene rings is 2. The Morgan fingerprint density at radius 2 is 1.85 bits per heavy atom. The molecule has 2 aromatic carbocycles. The molecule has 27 heavy (non-hydrogen) atoms. The van der Waals surface area contributed by atoms with Crippen LogP contribution < -0.4 is 10.5 Å². The van der Waals surface area contributed by atoms with Gasteiger partial charge in [0.05, 0.1) is 10.7 Å². The Morgan fingerprint density at radius 1 is 1.15 bits per heavy atom. The SMILES string of the molecule is CC(C)C(Cn1ccc2ccccc21)NS(=O)(=O)c1c(N)cc(Cl)cc1Cl. The number of rotatable bonds is 6. The van der Waals surface area contributed by atoms with E-state index >= 15 is 0 Å². The van der Waals surface area contributed by atoms with Gasteiger partial charge >= 0.3 is 0 Å². The summed E-state index contributed by atoms with van der Waals surface area (Å²) in [5.74, 6) is 0.0493. The fourth-order valence-electron chi connectivity index (χ4n) is 3.02. The molecule has 5 nitrogen and oxygen atoms in total. The minimum absolute atomic E-state index is 0.00131. The predicted molar refractivity (Wildman–Crippen MR) is 112 cm³/mol. The summed E-state index contributed by atoms with van der Waals surface area (Å²) >= 11 is 12.0. The van der Waals surface area contributed by atoms with Crippen molar-refractivity contribution in [1.29, 1.82) is 0 Å². The number of aromatic nitrogens is 1. The molecule has 0 radical (unpaired) electrons. The molecular formula is C19H21Cl2N3O2S. The van der Waals surface area contributed by atoms with Crippen molar-refractivity contribution in [3.8, 4) is 0 Å². The van der Waals surface area contributed by atoms with E-state index < -0.39 is 10.0 Å². The second kappa shape index (κ2) is 7.72. The Hall–Kier alpha value is -1.73. The molecule has 0 fully saturated rings. The van der Waals surface area contributed by atoms with Crippen molar-refractivity contribution in [2.45, 2.75) is 31.3 Å². The summed E-state index contributed by atoms with van der Waals surface area (Å²) in [7, 11) is -3.92. The molecule has 0 spiro atoms. The molecular weight excluding hydrogens is 405 g/mol. The van der Waals surface area contributed by atoms with E-state index in [1.54, 1.807) is 0 Å². The number of nitrogen functional groups attached to an aromatic ring is 1. The lowest BCUT2D eigenvalue weighted by Crippen LogP contribution is -2.41. The topological polar surface area (TPSA) is 77.1 Å². The minimum atomic E-state index is -3.92. The van der Waals surface area contributed by atoms with Gasteiger partial charge in [0.15, 0.2) is 0 Å². The van der Waals surface area contributed by atoms with Crippen LogP contribution in [0.3, 0.4) is 0 Å². The quantitative estimate of drug-likeness (QED) is 0.569. The smallest absolute Gasteiger partial charge is 0.244 e. The van der Waals surface area contributed by atoms with Crippen LogP contribution >= 0.6 is 23.2 Å². The molecule has 0 saturated carbocycles. The summed E-state index contributed by atoms with van der Waals surface area (Å²) in [6.07, 6.45) is 1.96. The lowest BCUT2D eigenvalue weighted by Gasteiger charge is -2.24. The first-order valence-electron chi connectivity index (χ1n) is 8.50. The van der Waals surface area contributed by atoms with Crippen molar-refractivity contribution >= 4 is 49.8 Å². The van der Waals surface area contributed by atoms with Crippen LogP contribution in [0.5, 0.6) is 0 Å². The highest BCUT2D eigenvalue weighted by molar-refractivity contribution is 7.89. The largest absolute Gasteiger partial charge is 0.398 e. The predicted octanol–water partition coefficient (Wildman–Crippen LogP) is 4.53. The van der Waals surface area contributed by atoms with Gasteiger partial charge in [-0.25, -0.2) is 13.1 Å². The summed E-state index contributed by atoms with van der Waals surface area (Å²) in [6.45, 7) is 4.41. The molecule has 1 aromatic heterocycles. The molecule has 0 aliphatic rings. The molecule has 1 heterocycles. The van der Waals surface area contributed by atoms with E-state index in [0.29, 0.717) is 6.54 Å². The Morgan fingerprint density at radius 3 is 2.52 bits per heavy atom. The zero-order valence-corrected chi connectivity index (χ0v) is 17.3. The summed E-state index contributed by atoms with van der Waals surface area (Å²) in [6, 6.07) is 12.4. The number of anilines is 1. The zero-order chi connectivity index (χ0) is 19.8. The van der Waals surface area contributed by atoms with Gasteiger partial charge in [-0.3, -0.25) is 0 Å². The van der Waals surface area contributed by atoms with Gasteiger partial charge in [-0.05, 0) is 35.6 Å². The van der Waals surface area contributed by atoms with E-state index in [1.807, 2.05) is 54.9 Å². The van der Waals surface area contributed by atoms with Crippen molar-refractivity contribution < 1.29 is 8.42 Å². The molecule has 0 saturated heterocycles. The van der Waals surface area contributed by atoms with Crippen molar-refractivity contribution in [2.24, 2.45) is 5.92 Å². The normalized spacial score (nSPS) is 13.4. The monoisotopic (exact) mass is 425 g/mol. The number of nitrogens with zero attached hydrogens (tertiary/aromatic N) is 1. The maximum atomic E-state index is 13.0. The first-order valence-corrected chi connectivity index (χ1v) is 10.7. The van der Waals surface area contributed by atoms with Crippen LogP contribution in [0, 0.1) is 5.92 Å². The molecule has 144 valence electrons. The van der Waals surface area contributed by atoms with Gasteiger partial charge in [-0.15, -0.1) is 0 Å². The lowest BCUT2D eigenvalue weighted by molar-refractivity contribution is 0.403. The Kier molecular flexibility index (Phi) is 5.72. The van der Waals surface area contributed by atoms with Gasteiger partial charge in [0.25, 0.3) is 0 Å². The summed E-state index contributed by atoms with van der Waals surface area (Å²) in [5.41, 5.74) is 6.95. The van der Waals surface area contributed by atoms with E-state index in [1.165, 1.54) is 12.1 Å². The minimum Gasteiger partial charge on any atom is -0.398 e. The highest BCUT2D eigenvalue weighted by Gasteiger charge is 2.27. The zero-order valence-electron chi connectivity index (χ0n) is 15.0. The average Bonchev–Trinajstić information content (AvgIpc) is 2.96. The van der Waals surface area contributed by atoms with Crippen molar-refractivity contribution in [3.63, 3.8) is 0 Å². The van der Waals surface area contributed by atoms with E-state index in [0.717, 1.165) is 10.9 Å². The van der Waals surface area contributed by atoms with Crippen LogP contribution in [0.1, 0.15) is 13.8 Å². The molecule has 3 rings (SSSR count). The van der Waals surface area contributed by atoms with Gasteiger partial charge in [0.1, 0.15) is 4.90 Å². The summed E-state index contributed by atoms with van der Waals surface area (Å²) in [5, 5.41) is 1.39. The van der Waals surface area contributed by atoms with Crippen LogP contribution in [0.25, 0.3) is 10.9 Å². The summed E-state index contributed by atoms with van der Waals surface area (Å²) in [4.78, 5) is -0.142. The number of nitrogens with two attached hydrogens (primary N) is 1. The van der Waals surface area contributed by atoms with E-state index in [9.17, 15) is 8.42 Å². The number of hydrogen-bond acceptors (Lipinski definition) is 3. The van der Waals surface area contributed by atoms with Gasteiger partial charge in [0.2, 0.25) is 10.0 Å². The molecule has 0 bridgehead atoms. The number of para-hydroxylation sites is 1.